The summed E-state index contributed by atoms with van der Waals surface area (Å²) < 4.78 is 0. The van der Waals surface area contributed by atoms with Gasteiger partial charge in [-0.15, -0.1) is 6.58 Å². The Morgan fingerprint density at radius 3 is 2.83 bits per heavy atom. The van der Waals surface area contributed by atoms with E-state index in [0.29, 0.717) is 0 Å². The predicted molar refractivity (Wildman–Crippen MR) is 77.5 cm³/mol. The second kappa shape index (κ2) is 6.72. The van der Waals surface area contributed by atoms with Gasteiger partial charge >= 0.3 is 0 Å². The molecule has 1 saturated carbocycles. The van der Waals surface area contributed by atoms with Crippen molar-refractivity contribution in [2.45, 2.75) is 38.9 Å². The van der Waals surface area contributed by atoms with Crippen LogP contribution < -0.4 is 5.32 Å². The molecule has 0 amide bonds. The van der Waals surface area contributed by atoms with Gasteiger partial charge in [-0.25, -0.2) is 0 Å². The number of rotatable bonds is 8. The molecule has 2 rings (SSSR count). The largest absolute Gasteiger partial charge is 0.313 e. The van der Waals surface area contributed by atoms with Crippen LogP contribution in [-0.2, 0) is 13.1 Å². The monoisotopic (exact) mass is 244 g/mol. The Kier molecular flexibility index (Phi) is 4.97. The van der Waals surface area contributed by atoms with Crippen LogP contribution in [0.1, 0.15) is 30.9 Å². The molecule has 0 aromatic heterocycles. The number of hydrogen-bond donors (Lipinski definition) is 1. The first-order valence-corrected chi connectivity index (χ1v) is 6.97. The molecule has 0 aliphatic heterocycles. The molecule has 0 heterocycles. The molecule has 0 unspecified atom stereocenters. The molecule has 0 saturated heterocycles. The van der Waals surface area contributed by atoms with Gasteiger partial charge in [-0.3, -0.25) is 4.90 Å². The van der Waals surface area contributed by atoms with Crippen LogP contribution in [0.5, 0.6) is 0 Å². The Morgan fingerprint density at radius 2 is 2.17 bits per heavy atom. The summed E-state index contributed by atoms with van der Waals surface area (Å²) in [6.45, 7) is 10.0. The predicted octanol–water partition coefficient (Wildman–Crippen LogP) is 2.95. The number of hydrogen-bond acceptors (Lipinski definition) is 2. The van der Waals surface area contributed by atoms with Crippen molar-refractivity contribution in [1.82, 2.24) is 10.2 Å². The molecule has 98 valence electrons. The van der Waals surface area contributed by atoms with Gasteiger partial charge < -0.3 is 5.32 Å². The van der Waals surface area contributed by atoms with Crippen LogP contribution >= 0.6 is 0 Å². The van der Waals surface area contributed by atoms with E-state index in [9.17, 15) is 0 Å². The van der Waals surface area contributed by atoms with E-state index in [4.69, 9.17) is 0 Å². The molecule has 2 heteroatoms. The summed E-state index contributed by atoms with van der Waals surface area (Å²) in [6.07, 6.45) is 4.72. The molecule has 0 atom stereocenters. The molecule has 1 aromatic rings. The second-order valence-corrected chi connectivity index (χ2v) is 5.05. The van der Waals surface area contributed by atoms with Crippen LogP contribution in [0.4, 0.5) is 0 Å². The molecule has 0 radical (unpaired) electrons. The van der Waals surface area contributed by atoms with E-state index in [2.05, 4.69) is 48.0 Å². The zero-order valence-electron chi connectivity index (χ0n) is 11.4. The van der Waals surface area contributed by atoms with Gasteiger partial charge in [0, 0.05) is 25.7 Å². The average Bonchev–Trinajstić information content (AvgIpc) is 3.21. The van der Waals surface area contributed by atoms with E-state index in [-0.39, 0.29) is 0 Å². The fourth-order valence-electron chi connectivity index (χ4n) is 2.29. The highest BCUT2D eigenvalue weighted by Crippen LogP contribution is 2.28. The van der Waals surface area contributed by atoms with E-state index in [1.54, 1.807) is 0 Å². The highest BCUT2D eigenvalue weighted by Gasteiger charge is 2.27. The Labute approximate surface area is 111 Å². The molecular formula is C16H24N2. The summed E-state index contributed by atoms with van der Waals surface area (Å²) in [6, 6.07) is 9.71. The molecule has 2 nitrogen and oxygen atoms in total. The van der Waals surface area contributed by atoms with Crippen LogP contribution in [0.15, 0.2) is 36.9 Å². The van der Waals surface area contributed by atoms with Crippen molar-refractivity contribution in [2.24, 2.45) is 0 Å². The van der Waals surface area contributed by atoms with Gasteiger partial charge in [0.15, 0.2) is 0 Å². The van der Waals surface area contributed by atoms with Gasteiger partial charge in [-0.2, -0.15) is 0 Å². The van der Waals surface area contributed by atoms with Gasteiger partial charge in [-0.05, 0) is 30.5 Å². The van der Waals surface area contributed by atoms with Gasteiger partial charge in [0.2, 0.25) is 0 Å². The van der Waals surface area contributed by atoms with Gasteiger partial charge in [0.05, 0.1) is 0 Å². The fraction of sp³-hybridized carbons (Fsp3) is 0.500. The van der Waals surface area contributed by atoms with Gasteiger partial charge in [0.25, 0.3) is 0 Å². The SMILES string of the molecule is C=CCN(Cc1cccc(CNCC)c1)C1CC1. The maximum absolute atomic E-state index is 3.86. The number of benzene rings is 1. The third kappa shape index (κ3) is 3.97. The van der Waals surface area contributed by atoms with E-state index >= 15 is 0 Å². The highest BCUT2D eigenvalue weighted by atomic mass is 15.2. The van der Waals surface area contributed by atoms with Gasteiger partial charge in [-0.1, -0.05) is 37.3 Å². The fourth-order valence-corrected chi connectivity index (χ4v) is 2.29. The summed E-state index contributed by atoms with van der Waals surface area (Å²) in [4.78, 5) is 2.53. The Morgan fingerprint density at radius 1 is 1.39 bits per heavy atom. The topological polar surface area (TPSA) is 15.3 Å². The summed E-state index contributed by atoms with van der Waals surface area (Å²) in [7, 11) is 0. The summed E-state index contributed by atoms with van der Waals surface area (Å²) >= 11 is 0. The molecular weight excluding hydrogens is 220 g/mol. The second-order valence-electron chi connectivity index (χ2n) is 5.05. The zero-order valence-corrected chi connectivity index (χ0v) is 11.4. The summed E-state index contributed by atoms with van der Waals surface area (Å²) in [5.41, 5.74) is 2.79. The smallest absolute Gasteiger partial charge is 0.0240 e. The first kappa shape index (κ1) is 13.3. The van der Waals surface area contributed by atoms with E-state index in [1.807, 2.05) is 6.08 Å². The van der Waals surface area contributed by atoms with Crippen molar-refractivity contribution in [3.8, 4) is 0 Å². The average molecular weight is 244 g/mol. The van der Waals surface area contributed by atoms with Crippen molar-refractivity contribution in [3.63, 3.8) is 0 Å². The van der Waals surface area contributed by atoms with Crippen LogP contribution in [0.25, 0.3) is 0 Å². The molecule has 1 N–H and O–H groups in total. The van der Waals surface area contributed by atoms with Crippen molar-refractivity contribution in [3.05, 3.63) is 48.0 Å². The normalized spacial score (nSPS) is 15.0. The van der Waals surface area contributed by atoms with Crippen molar-refractivity contribution >= 4 is 0 Å². The molecule has 0 bridgehead atoms. The quantitative estimate of drug-likeness (QED) is 0.707. The molecule has 0 spiro atoms. The minimum atomic E-state index is 0.792. The lowest BCUT2D eigenvalue weighted by molar-refractivity contribution is 0.284. The summed E-state index contributed by atoms with van der Waals surface area (Å²) in [5, 5.41) is 3.38. The van der Waals surface area contributed by atoms with E-state index in [1.165, 1.54) is 24.0 Å². The van der Waals surface area contributed by atoms with Crippen molar-refractivity contribution in [2.75, 3.05) is 13.1 Å². The van der Waals surface area contributed by atoms with Crippen LogP contribution in [0.2, 0.25) is 0 Å². The van der Waals surface area contributed by atoms with E-state index in [0.717, 1.165) is 32.2 Å². The number of nitrogens with zero attached hydrogens (tertiary/aromatic N) is 1. The third-order valence-corrected chi connectivity index (χ3v) is 3.38. The maximum atomic E-state index is 3.86. The molecule has 1 aliphatic rings. The van der Waals surface area contributed by atoms with Crippen LogP contribution in [0, 0.1) is 0 Å². The lowest BCUT2D eigenvalue weighted by Gasteiger charge is -2.20. The maximum Gasteiger partial charge on any atom is 0.0240 e. The van der Waals surface area contributed by atoms with Gasteiger partial charge in [0.1, 0.15) is 0 Å². The van der Waals surface area contributed by atoms with Crippen molar-refractivity contribution < 1.29 is 0 Å². The minimum Gasteiger partial charge on any atom is -0.313 e. The number of nitrogens with one attached hydrogen (secondary N) is 1. The Balaban J connectivity index is 1.96. The Bertz CT molecular complexity index is 382. The Hall–Kier alpha value is -1.12. The van der Waals surface area contributed by atoms with Crippen molar-refractivity contribution in [1.29, 1.82) is 0 Å². The first-order valence-electron chi connectivity index (χ1n) is 6.97. The standard InChI is InChI=1S/C16H24N2/c1-3-10-18(16-8-9-16)13-15-7-5-6-14(11-15)12-17-4-2/h3,5-7,11,16-17H,1,4,8-10,12-13H2,2H3. The first-order chi connectivity index (χ1) is 8.83. The zero-order chi connectivity index (χ0) is 12.8. The van der Waals surface area contributed by atoms with E-state index < -0.39 is 0 Å². The lowest BCUT2D eigenvalue weighted by Crippen LogP contribution is -2.25. The molecule has 1 aromatic carbocycles. The molecule has 1 aliphatic carbocycles. The minimum absolute atomic E-state index is 0.792. The highest BCUT2D eigenvalue weighted by molar-refractivity contribution is 5.23. The third-order valence-electron chi connectivity index (χ3n) is 3.38. The molecule has 18 heavy (non-hydrogen) atoms. The molecule has 1 fully saturated rings. The lowest BCUT2D eigenvalue weighted by atomic mass is 10.1. The van der Waals surface area contributed by atoms with Crippen LogP contribution in [0.3, 0.4) is 0 Å². The summed E-state index contributed by atoms with van der Waals surface area (Å²) in [5.74, 6) is 0. The van der Waals surface area contributed by atoms with Crippen LogP contribution in [-0.4, -0.2) is 24.0 Å².